The van der Waals surface area contributed by atoms with E-state index >= 15 is 0 Å². The molecule has 2 aromatic heterocycles. The molecule has 4 nitrogen and oxygen atoms in total. The highest BCUT2D eigenvalue weighted by molar-refractivity contribution is 9.11. The highest BCUT2D eigenvalue weighted by Crippen LogP contribution is 2.30. The summed E-state index contributed by atoms with van der Waals surface area (Å²) >= 11 is 5.00. The lowest BCUT2D eigenvalue weighted by Crippen LogP contribution is -2.24. The lowest BCUT2D eigenvalue weighted by molar-refractivity contribution is 0.334. The van der Waals surface area contributed by atoms with E-state index in [1.54, 1.807) is 11.3 Å². The molecule has 0 fully saturated rings. The van der Waals surface area contributed by atoms with Crippen LogP contribution in [-0.4, -0.2) is 16.2 Å². The second kappa shape index (κ2) is 5.29. The first-order valence-electron chi connectivity index (χ1n) is 5.46. The fraction of sp³-hybridized carbons (Fsp3) is 0.455. The molecule has 0 bridgehead atoms. The van der Waals surface area contributed by atoms with Gasteiger partial charge in [-0.1, -0.05) is 12.1 Å². The Morgan fingerprint density at radius 3 is 2.82 bits per heavy atom. The normalized spacial score (nSPS) is 14.8. The van der Waals surface area contributed by atoms with Gasteiger partial charge in [0.15, 0.2) is 0 Å². The van der Waals surface area contributed by atoms with E-state index < -0.39 is 0 Å². The van der Waals surface area contributed by atoms with Gasteiger partial charge in [0.2, 0.25) is 11.7 Å². The first-order chi connectivity index (χ1) is 8.11. The van der Waals surface area contributed by atoms with Gasteiger partial charge in [0.25, 0.3) is 0 Å². The van der Waals surface area contributed by atoms with Crippen molar-refractivity contribution in [1.82, 2.24) is 10.1 Å². The maximum atomic E-state index is 5.90. The molecule has 92 valence electrons. The Hall–Kier alpha value is -0.720. The van der Waals surface area contributed by atoms with Crippen molar-refractivity contribution in [3.8, 4) is 10.7 Å². The molecule has 2 atom stereocenters. The molecule has 0 aliphatic carbocycles. The van der Waals surface area contributed by atoms with E-state index in [9.17, 15) is 0 Å². The van der Waals surface area contributed by atoms with Crippen LogP contribution in [0.4, 0.5) is 0 Å². The van der Waals surface area contributed by atoms with Crippen LogP contribution in [0.15, 0.2) is 20.4 Å². The molecule has 0 spiro atoms. The minimum atomic E-state index is 0.0170. The second-order valence-corrected chi connectivity index (χ2v) is 6.40. The number of hydrogen-bond acceptors (Lipinski definition) is 5. The van der Waals surface area contributed by atoms with Crippen LogP contribution >= 0.6 is 27.3 Å². The van der Waals surface area contributed by atoms with Gasteiger partial charge in [-0.2, -0.15) is 4.98 Å². The van der Waals surface area contributed by atoms with E-state index in [-0.39, 0.29) is 12.0 Å². The zero-order valence-corrected chi connectivity index (χ0v) is 12.1. The summed E-state index contributed by atoms with van der Waals surface area (Å²) in [5.41, 5.74) is 5.90. The van der Waals surface area contributed by atoms with Crippen LogP contribution < -0.4 is 5.73 Å². The van der Waals surface area contributed by atoms with Crippen LogP contribution in [0.5, 0.6) is 0 Å². The molecule has 2 heterocycles. The number of aromatic nitrogens is 2. The minimum Gasteiger partial charge on any atom is -0.339 e. The molecule has 0 saturated carbocycles. The Kier molecular flexibility index (Phi) is 3.96. The van der Waals surface area contributed by atoms with Crippen molar-refractivity contribution in [1.29, 1.82) is 0 Å². The summed E-state index contributed by atoms with van der Waals surface area (Å²) in [4.78, 5) is 5.41. The Balaban J connectivity index is 2.26. The SMILES string of the molecule is CCC(c1nc(-c2ccc(Br)s2)no1)C(C)N. The third kappa shape index (κ3) is 2.75. The van der Waals surface area contributed by atoms with Crippen LogP contribution in [0.3, 0.4) is 0 Å². The number of thiophene rings is 1. The Morgan fingerprint density at radius 1 is 1.53 bits per heavy atom. The van der Waals surface area contributed by atoms with Crippen LogP contribution in [0.1, 0.15) is 32.1 Å². The van der Waals surface area contributed by atoms with Crippen LogP contribution in [0.25, 0.3) is 10.7 Å². The summed E-state index contributed by atoms with van der Waals surface area (Å²) in [5, 5.41) is 4.00. The third-order valence-electron chi connectivity index (χ3n) is 2.63. The van der Waals surface area contributed by atoms with Gasteiger partial charge in [0.1, 0.15) is 0 Å². The lowest BCUT2D eigenvalue weighted by Gasteiger charge is -2.13. The van der Waals surface area contributed by atoms with Crippen molar-refractivity contribution in [2.75, 3.05) is 0 Å². The number of rotatable bonds is 4. The van der Waals surface area contributed by atoms with Crippen molar-refractivity contribution in [2.24, 2.45) is 5.73 Å². The van der Waals surface area contributed by atoms with E-state index in [1.165, 1.54) is 0 Å². The summed E-state index contributed by atoms with van der Waals surface area (Å²) in [6, 6.07) is 3.96. The van der Waals surface area contributed by atoms with E-state index in [0.717, 1.165) is 15.1 Å². The lowest BCUT2D eigenvalue weighted by atomic mass is 9.99. The molecule has 2 rings (SSSR count). The van der Waals surface area contributed by atoms with Gasteiger partial charge < -0.3 is 10.3 Å². The van der Waals surface area contributed by atoms with Crippen molar-refractivity contribution in [3.63, 3.8) is 0 Å². The highest BCUT2D eigenvalue weighted by atomic mass is 79.9. The van der Waals surface area contributed by atoms with Crippen molar-refractivity contribution >= 4 is 27.3 Å². The summed E-state index contributed by atoms with van der Waals surface area (Å²) in [7, 11) is 0. The van der Waals surface area contributed by atoms with Crippen LogP contribution in [0.2, 0.25) is 0 Å². The van der Waals surface area contributed by atoms with Crippen LogP contribution in [0, 0.1) is 0 Å². The average Bonchev–Trinajstić information content (AvgIpc) is 2.87. The van der Waals surface area contributed by atoms with E-state index in [2.05, 4.69) is 33.0 Å². The molecule has 0 saturated heterocycles. The smallest absolute Gasteiger partial charge is 0.231 e. The first-order valence-corrected chi connectivity index (χ1v) is 7.07. The number of hydrogen-bond donors (Lipinski definition) is 1. The molecule has 0 aliphatic heterocycles. The fourth-order valence-corrected chi connectivity index (χ4v) is 3.00. The maximum absolute atomic E-state index is 5.90. The number of halogens is 1. The average molecular weight is 316 g/mol. The summed E-state index contributed by atoms with van der Waals surface area (Å²) in [6.45, 7) is 4.03. The van der Waals surface area contributed by atoms with E-state index in [0.29, 0.717) is 11.7 Å². The largest absolute Gasteiger partial charge is 0.339 e. The molecule has 0 radical (unpaired) electrons. The molecule has 2 aromatic rings. The highest BCUT2D eigenvalue weighted by Gasteiger charge is 2.21. The predicted molar refractivity (Wildman–Crippen MR) is 72.0 cm³/mol. The van der Waals surface area contributed by atoms with Crippen LogP contribution in [-0.2, 0) is 0 Å². The summed E-state index contributed by atoms with van der Waals surface area (Å²) in [5.74, 6) is 1.39. The molecule has 0 amide bonds. The zero-order chi connectivity index (χ0) is 12.4. The Labute approximate surface area is 112 Å². The standard InChI is InChI=1S/C11H14BrN3OS/c1-3-7(6(2)13)11-14-10(15-16-11)8-4-5-9(12)17-8/h4-7H,3,13H2,1-2H3. The van der Waals surface area contributed by atoms with Gasteiger partial charge in [0, 0.05) is 6.04 Å². The summed E-state index contributed by atoms with van der Waals surface area (Å²) in [6.07, 6.45) is 0.896. The molecule has 0 aliphatic rings. The monoisotopic (exact) mass is 315 g/mol. The third-order valence-corrected chi connectivity index (χ3v) is 4.25. The Bertz CT molecular complexity index is 494. The minimum absolute atomic E-state index is 0.0170. The van der Waals surface area contributed by atoms with Crippen molar-refractivity contribution in [3.05, 3.63) is 21.8 Å². The molecule has 6 heteroatoms. The maximum Gasteiger partial charge on any atom is 0.231 e. The fourth-order valence-electron chi connectivity index (χ4n) is 1.69. The molecule has 17 heavy (non-hydrogen) atoms. The van der Waals surface area contributed by atoms with E-state index in [4.69, 9.17) is 10.3 Å². The van der Waals surface area contributed by atoms with Gasteiger partial charge in [-0.25, -0.2) is 0 Å². The molecule has 2 N–H and O–H groups in total. The number of nitrogens with two attached hydrogens (primary N) is 1. The molecular formula is C11H14BrN3OS. The Morgan fingerprint density at radius 2 is 2.29 bits per heavy atom. The van der Waals surface area contributed by atoms with Crippen molar-refractivity contribution in [2.45, 2.75) is 32.2 Å². The van der Waals surface area contributed by atoms with Crippen molar-refractivity contribution < 1.29 is 4.52 Å². The number of nitrogens with zero attached hydrogens (tertiary/aromatic N) is 2. The molecule has 0 aromatic carbocycles. The molecule has 2 unspecified atom stereocenters. The summed E-state index contributed by atoms with van der Waals surface area (Å²) < 4.78 is 6.35. The quantitative estimate of drug-likeness (QED) is 0.939. The predicted octanol–water partition coefficient (Wildman–Crippen LogP) is 3.40. The van der Waals surface area contributed by atoms with Gasteiger partial charge >= 0.3 is 0 Å². The van der Waals surface area contributed by atoms with Gasteiger partial charge in [-0.05, 0) is 41.4 Å². The van der Waals surface area contributed by atoms with Gasteiger partial charge in [-0.15, -0.1) is 11.3 Å². The van der Waals surface area contributed by atoms with E-state index in [1.807, 2.05) is 19.1 Å². The molecular weight excluding hydrogens is 302 g/mol. The first kappa shape index (κ1) is 12.7. The second-order valence-electron chi connectivity index (χ2n) is 3.93. The zero-order valence-electron chi connectivity index (χ0n) is 9.68. The van der Waals surface area contributed by atoms with Gasteiger partial charge in [0.05, 0.1) is 14.6 Å². The van der Waals surface area contributed by atoms with Gasteiger partial charge in [-0.3, -0.25) is 0 Å². The topological polar surface area (TPSA) is 64.9 Å².